The van der Waals surface area contributed by atoms with E-state index in [-0.39, 0.29) is 0 Å². The zero-order chi connectivity index (χ0) is 10.4. The highest BCUT2D eigenvalue weighted by Gasteiger charge is 2.38. The predicted molar refractivity (Wildman–Crippen MR) is 62.9 cm³/mol. The van der Waals surface area contributed by atoms with Gasteiger partial charge in [-0.05, 0) is 24.8 Å². The van der Waals surface area contributed by atoms with Crippen molar-refractivity contribution in [2.45, 2.75) is 51.9 Å². The highest BCUT2D eigenvalue weighted by Crippen LogP contribution is 2.43. The first-order valence-electron chi connectivity index (χ1n) is 6.00. The third-order valence-electron chi connectivity index (χ3n) is 3.22. The van der Waals surface area contributed by atoms with E-state index in [1.807, 2.05) is 0 Å². The average molecular weight is 193 g/mol. The monoisotopic (exact) mass is 193 g/mol. The van der Waals surface area contributed by atoms with E-state index in [0.717, 1.165) is 11.6 Å². The van der Waals surface area contributed by atoms with Crippen molar-refractivity contribution in [3.05, 3.63) is 12.7 Å². The number of hydrogen-bond donors (Lipinski definition) is 1. The van der Waals surface area contributed by atoms with Gasteiger partial charge in [0, 0.05) is 11.6 Å². The summed E-state index contributed by atoms with van der Waals surface area (Å²) >= 11 is 0. The lowest BCUT2D eigenvalue weighted by molar-refractivity contribution is 0.574. The summed E-state index contributed by atoms with van der Waals surface area (Å²) in [5.41, 5.74) is 0.767. The Morgan fingerprint density at radius 1 is 1.36 bits per heavy atom. The van der Waals surface area contributed by atoms with Crippen LogP contribution >= 0.6 is 0 Å². The minimum atomic E-state index is 0.568. The summed E-state index contributed by atoms with van der Waals surface area (Å²) in [7, 11) is 0. The Labute approximate surface area is 88.1 Å². The molecule has 1 aliphatic rings. The van der Waals surface area contributed by atoms with E-state index < -0.39 is 0 Å². The molecule has 1 fully saturated rings. The smallest absolute Gasteiger partial charge is 0.0341 e. The maximum absolute atomic E-state index is 7.61. The number of hydrogen-bond acceptors (Lipinski definition) is 1. The molecular weight excluding hydrogens is 170 g/mol. The van der Waals surface area contributed by atoms with Gasteiger partial charge in [-0.25, -0.2) is 0 Å². The van der Waals surface area contributed by atoms with Crippen molar-refractivity contribution < 1.29 is 0 Å². The third-order valence-corrected chi connectivity index (χ3v) is 3.22. The fourth-order valence-electron chi connectivity index (χ4n) is 2.11. The first-order chi connectivity index (χ1) is 6.79. The molecule has 14 heavy (non-hydrogen) atoms. The summed E-state index contributed by atoms with van der Waals surface area (Å²) < 4.78 is 0. The lowest BCUT2D eigenvalue weighted by atomic mass is 10.1. The largest absolute Gasteiger partial charge is 0.305 e. The van der Waals surface area contributed by atoms with E-state index in [1.165, 1.54) is 44.9 Å². The van der Waals surface area contributed by atoms with Crippen LogP contribution in [0.3, 0.4) is 0 Å². The first-order valence-corrected chi connectivity index (χ1v) is 6.00. The molecule has 1 saturated carbocycles. The number of unbranched alkanes of at least 4 members (excludes halogenated alkanes) is 4. The molecule has 0 aromatic rings. The molecule has 0 bridgehead atoms. The Bertz CT molecular complexity index is 195. The molecule has 80 valence electrons. The van der Waals surface area contributed by atoms with E-state index in [2.05, 4.69) is 13.5 Å². The van der Waals surface area contributed by atoms with Crippen LogP contribution in [-0.2, 0) is 0 Å². The Balaban J connectivity index is 1.95. The van der Waals surface area contributed by atoms with Crippen LogP contribution in [0.4, 0.5) is 0 Å². The van der Waals surface area contributed by atoms with Crippen molar-refractivity contribution in [2.24, 2.45) is 11.8 Å². The van der Waals surface area contributed by atoms with Crippen molar-refractivity contribution >= 4 is 5.71 Å². The molecule has 1 N–H and O–H groups in total. The SMILES string of the molecule is C=CC(=N)[C@H]1C[C@@H]1CCCCCCC. The van der Waals surface area contributed by atoms with Crippen molar-refractivity contribution in [1.29, 1.82) is 5.41 Å². The molecule has 0 spiro atoms. The second kappa shape index (κ2) is 6.00. The fourth-order valence-corrected chi connectivity index (χ4v) is 2.11. The van der Waals surface area contributed by atoms with Crippen LogP contribution in [0.1, 0.15) is 51.9 Å². The molecule has 0 aromatic heterocycles. The van der Waals surface area contributed by atoms with Gasteiger partial charge in [0.2, 0.25) is 0 Å². The molecule has 1 aliphatic carbocycles. The zero-order valence-corrected chi connectivity index (χ0v) is 9.39. The normalized spacial score (nSPS) is 24.6. The molecule has 0 radical (unpaired) electrons. The minimum Gasteiger partial charge on any atom is -0.305 e. The Morgan fingerprint density at radius 3 is 2.71 bits per heavy atom. The molecule has 1 nitrogen and oxygen atoms in total. The van der Waals surface area contributed by atoms with Crippen LogP contribution in [0.15, 0.2) is 12.7 Å². The van der Waals surface area contributed by atoms with Crippen molar-refractivity contribution in [1.82, 2.24) is 0 Å². The maximum atomic E-state index is 7.61. The van der Waals surface area contributed by atoms with Crippen LogP contribution < -0.4 is 0 Å². The van der Waals surface area contributed by atoms with E-state index in [4.69, 9.17) is 5.41 Å². The highest BCUT2D eigenvalue weighted by molar-refractivity contribution is 5.95. The van der Waals surface area contributed by atoms with Gasteiger partial charge < -0.3 is 5.41 Å². The molecule has 0 amide bonds. The van der Waals surface area contributed by atoms with E-state index in [9.17, 15) is 0 Å². The summed E-state index contributed by atoms with van der Waals surface area (Å²) in [5, 5.41) is 7.61. The van der Waals surface area contributed by atoms with Gasteiger partial charge >= 0.3 is 0 Å². The molecule has 1 rings (SSSR count). The van der Waals surface area contributed by atoms with E-state index >= 15 is 0 Å². The Hall–Kier alpha value is -0.590. The third kappa shape index (κ3) is 3.65. The van der Waals surface area contributed by atoms with Crippen LogP contribution in [-0.4, -0.2) is 5.71 Å². The maximum Gasteiger partial charge on any atom is 0.0341 e. The molecule has 1 heteroatoms. The van der Waals surface area contributed by atoms with Crippen LogP contribution in [0, 0.1) is 17.2 Å². The molecule has 0 aromatic carbocycles. The Kier molecular flexibility index (Phi) is 4.92. The van der Waals surface area contributed by atoms with Crippen molar-refractivity contribution in [2.75, 3.05) is 0 Å². The van der Waals surface area contributed by atoms with Crippen molar-refractivity contribution in [3.63, 3.8) is 0 Å². The highest BCUT2D eigenvalue weighted by atomic mass is 14.5. The van der Waals surface area contributed by atoms with Gasteiger partial charge in [-0.3, -0.25) is 0 Å². The number of nitrogens with one attached hydrogen (secondary N) is 1. The lowest BCUT2D eigenvalue weighted by Crippen LogP contribution is -1.95. The molecule has 0 aliphatic heterocycles. The summed E-state index contributed by atoms with van der Waals surface area (Å²) in [6.45, 7) is 5.90. The molecule has 0 unspecified atom stereocenters. The van der Waals surface area contributed by atoms with Gasteiger partial charge in [0.25, 0.3) is 0 Å². The second-order valence-corrected chi connectivity index (χ2v) is 4.46. The molecule has 0 heterocycles. The zero-order valence-electron chi connectivity index (χ0n) is 9.39. The summed E-state index contributed by atoms with van der Waals surface area (Å²) in [5.74, 6) is 1.39. The van der Waals surface area contributed by atoms with E-state index in [0.29, 0.717) is 5.92 Å². The predicted octanol–water partition coefficient (Wildman–Crippen LogP) is 4.19. The Morgan fingerprint density at radius 2 is 2.07 bits per heavy atom. The molecular formula is C13H23N. The summed E-state index contributed by atoms with van der Waals surface area (Å²) in [6, 6.07) is 0. The first kappa shape index (κ1) is 11.5. The van der Waals surface area contributed by atoms with Crippen LogP contribution in [0.2, 0.25) is 0 Å². The molecule has 2 atom stereocenters. The van der Waals surface area contributed by atoms with Gasteiger partial charge in [-0.15, -0.1) is 0 Å². The lowest BCUT2D eigenvalue weighted by Gasteiger charge is -1.99. The second-order valence-electron chi connectivity index (χ2n) is 4.46. The number of rotatable bonds is 8. The topological polar surface area (TPSA) is 23.9 Å². The van der Waals surface area contributed by atoms with Crippen molar-refractivity contribution in [3.8, 4) is 0 Å². The van der Waals surface area contributed by atoms with Gasteiger partial charge in [0.1, 0.15) is 0 Å². The van der Waals surface area contributed by atoms with Crippen LogP contribution in [0.25, 0.3) is 0 Å². The van der Waals surface area contributed by atoms with Gasteiger partial charge in [-0.1, -0.05) is 45.6 Å². The minimum absolute atomic E-state index is 0.568. The van der Waals surface area contributed by atoms with Gasteiger partial charge in [0.05, 0.1) is 0 Å². The standard InChI is InChI=1S/C13H23N/c1-3-5-6-7-8-9-11-10-12(11)13(14)4-2/h4,11-12,14H,2-3,5-10H2,1H3/t11-,12-/m0/s1. The molecule has 0 saturated heterocycles. The van der Waals surface area contributed by atoms with Crippen LogP contribution in [0.5, 0.6) is 0 Å². The number of allylic oxidation sites excluding steroid dienone is 1. The van der Waals surface area contributed by atoms with E-state index in [1.54, 1.807) is 6.08 Å². The average Bonchev–Trinajstić information content (AvgIpc) is 2.96. The summed E-state index contributed by atoms with van der Waals surface area (Å²) in [4.78, 5) is 0. The van der Waals surface area contributed by atoms with Gasteiger partial charge in [0.15, 0.2) is 0 Å². The van der Waals surface area contributed by atoms with Gasteiger partial charge in [-0.2, -0.15) is 0 Å². The summed E-state index contributed by atoms with van der Waals surface area (Å²) in [6.07, 6.45) is 11.2. The fraction of sp³-hybridized carbons (Fsp3) is 0.769. The quantitative estimate of drug-likeness (QED) is 0.441.